The minimum Gasteiger partial charge on any atom is -0.387 e. The van der Waals surface area contributed by atoms with Crippen molar-refractivity contribution in [1.82, 2.24) is 0 Å². The summed E-state index contributed by atoms with van der Waals surface area (Å²) in [5, 5.41) is 11.0. The zero-order valence-corrected chi connectivity index (χ0v) is 17.7. The first-order valence-corrected chi connectivity index (χ1v) is 12.3. The molecule has 0 radical (unpaired) electrons. The summed E-state index contributed by atoms with van der Waals surface area (Å²) in [5.74, 6) is -2.14. The van der Waals surface area contributed by atoms with Crippen LogP contribution in [0.2, 0.25) is 0 Å². The lowest BCUT2D eigenvalue weighted by molar-refractivity contribution is -0.223. The molecule has 6 atom stereocenters. The fraction of sp³-hybridized carbons (Fsp3) is 1.00. The van der Waals surface area contributed by atoms with Crippen LogP contribution < -0.4 is 0 Å². The topological polar surface area (TPSA) is 101 Å². The van der Waals surface area contributed by atoms with Crippen LogP contribution in [0.3, 0.4) is 0 Å². The summed E-state index contributed by atoms with van der Waals surface area (Å²) in [6, 6.07) is 0. The summed E-state index contributed by atoms with van der Waals surface area (Å²) in [4.78, 5) is 0. The number of hydrogen-bond donors (Lipinski definition) is 1. The molecule has 2 spiro atoms. The van der Waals surface area contributed by atoms with Gasteiger partial charge in [-0.1, -0.05) is 12.8 Å². The third kappa shape index (κ3) is 3.71. The van der Waals surface area contributed by atoms with E-state index in [9.17, 15) is 26.7 Å². The summed E-state index contributed by atoms with van der Waals surface area (Å²) < 4.78 is 92.2. The molecule has 3 saturated carbocycles. The molecule has 0 bridgehead atoms. The number of fused-ring (bicyclic) bond motifs is 2. The molecule has 2 unspecified atom stereocenters. The number of aliphatic hydroxyl groups is 1. The molecule has 0 amide bonds. The normalized spacial score (nSPS) is 41.9. The van der Waals surface area contributed by atoms with Crippen LogP contribution in [0.4, 0.5) is 13.2 Å². The van der Waals surface area contributed by atoms with E-state index in [1.807, 2.05) is 0 Å². The maximum Gasteiger partial charge on any atom is 0.523 e. The predicted octanol–water partition coefficient (Wildman–Crippen LogP) is 2.48. The van der Waals surface area contributed by atoms with Crippen molar-refractivity contribution in [1.29, 1.82) is 0 Å². The summed E-state index contributed by atoms with van der Waals surface area (Å²) >= 11 is 0. The lowest BCUT2D eigenvalue weighted by Gasteiger charge is -2.39. The van der Waals surface area contributed by atoms with Crippen LogP contribution in [0.15, 0.2) is 0 Å². The average molecular weight is 472 g/mol. The van der Waals surface area contributed by atoms with Crippen LogP contribution in [-0.2, 0) is 33.2 Å². The summed E-state index contributed by atoms with van der Waals surface area (Å²) in [6.45, 7) is 0. The number of rotatable bonds is 2. The van der Waals surface area contributed by atoms with E-state index in [1.54, 1.807) is 0 Å². The lowest BCUT2D eigenvalue weighted by Crippen LogP contribution is -2.63. The van der Waals surface area contributed by atoms with E-state index in [0.717, 1.165) is 38.5 Å². The minimum absolute atomic E-state index is 0.506. The standard InChI is InChI=1S/C19H27F3O8S/c20-19(21,22)31(24,25)30-16-14-12(26-17(28-14)7-3-1-4-8-17)11(23)13-15(16)29-18(27-13)9-5-2-6-10-18/h11-16,23H,1-10H2/t11?,12-,13+,14-,15-,16?/m1/s1. The van der Waals surface area contributed by atoms with Crippen LogP contribution >= 0.6 is 0 Å². The molecule has 5 rings (SSSR count). The molecule has 0 aromatic heterocycles. The van der Waals surface area contributed by atoms with Crippen molar-refractivity contribution in [2.75, 3.05) is 0 Å². The Labute approximate surface area is 178 Å². The molecule has 5 aliphatic rings. The van der Waals surface area contributed by atoms with Crippen LogP contribution in [0.25, 0.3) is 0 Å². The zero-order valence-electron chi connectivity index (χ0n) is 16.9. The van der Waals surface area contributed by atoms with E-state index in [-0.39, 0.29) is 0 Å². The Kier molecular flexibility index (Phi) is 5.40. The van der Waals surface area contributed by atoms with E-state index >= 15 is 0 Å². The molecule has 2 saturated heterocycles. The van der Waals surface area contributed by atoms with Gasteiger partial charge in [0.25, 0.3) is 0 Å². The van der Waals surface area contributed by atoms with Gasteiger partial charge in [0.1, 0.15) is 36.6 Å². The first-order chi connectivity index (χ1) is 14.6. The van der Waals surface area contributed by atoms with Gasteiger partial charge in [-0.05, 0) is 25.7 Å². The average Bonchev–Trinajstić information content (AvgIpc) is 3.25. The SMILES string of the molecule is O=S(=O)(OC1[C@@H]2OC3(CCCCC3)O[C@@H]2C(O)[C@@H]2OC3(CCCCC3)O[C@@H]12)C(F)(F)F. The number of aliphatic hydroxyl groups excluding tert-OH is 1. The molecule has 0 aromatic carbocycles. The number of ether oxygens (including phenoxy) is 4. The highest BCUT2D eigenvalue weighted by Crippen LogP contribution is 2.52. The Hall–Kier alpha value is -0.500. The molecule has 2 aliphatic heterocycles. The first-order valence-electron chi connectivity index (χ1n) is 10.9. The summed E-state index contributed by atoms with van der Waals surface area (Å²) in [5.41, 5.74) is -5.60. The predicted molar refractivity (Wildman–Crippen MR) is 97.0 cm³/mol. The van der Waals surface area contributed by atoms with Crippen molar-refractivity contribution in [2.45, 2.75) is 118 Å². The van der Waals surface area contributed by atoms with Gasteiger partial charge in [0, 0.05) is 25.7 Å². The Morgan fingerprint density at radius 3 is 1.52 bits per heavy atom. The summed E-state index contributed by atoms with van der Waals surface area (Å²) in [6.07, 6.45) is -0.348. The Balaban J connectivity index is 1.48. The highest BCUT2D eigenvalue weighted by Gasteiger charge is 2.67. The molecule has 0 aromatic rings. The van der Waals surface area contributed by atoms with Gasteiger partial charge in [0.2, 0.25) is 0 Å². The number of alkyl halides is 3. The van der Waals surface area contributed by atoms with E-state index < -0.39 is 63.8 Å². The van der Waals surface area contributed by atoms with Gasteiger partial charge < -0.3 is 24.1 Å². The third-order valence-electron chi connectivity index (χ3n) is 7.12. The maximum atomic E-state index is 13.1. The van der Waals surface area contributed by atoms with Crippen LogP contribution in [0.5, 0.6) is 0 Å². The zero-order chi connectivity index (χ0) is 22.1. The second-order valence-electron chi connectivity index (χ2n) is 9.22. The molecule has 12 heteroatoms. The van der Waals surface area contributed by atoms with Crippen molar-refractivity contribution in [3.05, 3.63) is 0 Å². The van der Waals surface area contributed by atoms with Gasteiger partial charge in [0.15, 0.2) is 11.6 Å². The molecule has 178 valence electrons. The van der Waals surface area contributed by atoms with E-state index in [1.165, 1.54) is 0 Å². The Morgan fingerprint density at radius 1 is 0.742 bits per heavy atom. The van der Waals surface area contributed by atoms with E-state index in [2.05, 4.69) is 0 Å². The third-order valence-corrected chi connectivity index (χ3v) is 8.17. The molecule has 31 heavy (non-hydrogen) atoms. The quantitative estimate of drug-likeness (QED) is 0.483. The Bertz CT molecular complexity index is 748. The van der Waals surface area contributed by atoms with Crippen molar-refractivity contribution in [3.8, 4) is 0 Å². The lowest BCUT2D eigenvalue weighted by atomic mass is 9.85. The highest BCUT2D eigenvalue weighted by molar-refractivity contribution is 7.87. The van der Waals surface area contributed by atoms with Gasteiger partial charge in [-0.3, -0.25) is 4.18 Å². The molecule has 3 aliphatic carbocycles. The van der Waals surface area contributed by atoms with Crippen molar-refractivity contribution in [2.24, 2.45) is 0 Å². The van der Waals surface area contributed by atoms with Crippen molar-refractivity contribution < 1.29 is 49.8 Å². The van der Waals surface area contributed by atoms with Crippen molar-refractivity contribution >= 4 is 10.1 Å². The maximum absolute atomic E-state index is 13.1. The van der Waals surface area contributed by atoms with Crippen LogP contribution in [0.1, 0.15) is 64.2 Å². The van der Waals surface area contributed by atoms with E-state index in [0.29, 0.717) is 25.7 Å². The van der Waals surface area contributed by atoms with Crippen LogP contribution in [-0.4, -0.2) is 67.2 Å². The second-order valence-corrected chi connectivity index (χ2v) is 10.8. The van der Waals surface area contributed by atoms with Gasteiger partial charge in [-0.2, -0.15) is 21.6 Å². The fourth-order valence-electron chi connectivity index (χ4n) is 5.69. The van der Waals surface area contributed by atoms with Crippen molar-refractivity contribution in [3.63, 3.8) is 0 Å². The fourth-order valence-corrected chi connectivity index (χ4v) is 6.31. The monoisotopic (exact) mass is 472 g/mol. The smallest absolute Gasteiger partial charge is 0.387 e. The van der Waals surface area contributed by atoms with Gasteiger partial charge in [-0.25, -0.2) is 0 Å². The Morgan fingerprint density at radius 2 is 1.13 bits per heavy atom. The summed E-state index contributed by atoms with van der Waals surface area (Å²) in [7, 11) is -5.93. The van der Waals surface area contributed by atoms with E-state index in [4.69, 9.17) is 23.1 Å². The molecule has 2 heterocycles. The number of halogens is 3. The minimum atomic E-state index is -5.93. The molecule has 5 fully saturated rings. The van der Waals surface area contributed by atoms with Gasteiger partial charge >= 0.3 is 15.6 Å². The largest absolute Gasteiger partial charge is 0.523 e. The molecule has 1 N–H and O–H groups in total. The molecular formula is C19H27F3O8S. The molecule has 8 nitrogen and oxygen atoms in total. The van der Waals surface area contributed by atoms with Gasteiger partial charge in [0.05, 0.1) is 0 Å². The van der Waals surface area contributed by atoms with Crippen LogP contribution in [0, 0.1) is 0 Å². The van der Waals surface area contributed by atoms with Gasteiger partial charge in [-0.15, -0.1) is 0 Å². The first kappa shape index (κ1) is 22.3. The number of hydrogen-bond acceptors (Lipinski definition) is 8. The molecular weight excluding hydrogens is 445 g/mol. The second kappa shape index (κ2) is 7.51. The highest BCUT2D eigenvalue weighted by atomic mass is 32.2.